The second-order valence-electron chi connectivity index (χ2n) is 3.91. The van der Waals surface area contributed by atoms with Gasteiger partial charge in [0.1, 0.15) is 0 Å². The summed E-state index contributed by atoms with van der Waals surface area (Å²) in [6.45, 7) is 6.68. The molecule has 0 saturated carbocycles. The molecule has 14 heavy (non-hydrogen) atoms. The Hall–Kier alpha value is -0.630. The molecule has 0 spiro atoms. The van der Waals surface area contributed by atoms with E-state index in [1.54, 1.807) is 11.8 Å². The molecule has 0 aliphatic heterocycles. The molecule has 0 fully saturated rings. The number of nitrogens with one attached hydrogen (secondary N) is 1. The molecule has 1 aromatic carbocycles. The maximum absolute atomic E-state index is 3.48. The van der Waals surface area contributed by atoms with Crippen molar-refractivity contribution in [1.82, 2.24) is 0 Å². The molecular formula is C12H19NS. The van der Waals surface area contributed by atoms with Gasteiger partial charge in [0.25, 0.3) is 0 Å². The molecule has 0 saturated heterocycles. The zero-order chi connectivity index (χ0) is 10.6. The minimum Gasteiger partial charge on any atom is -0.382 e. The third-order valence-electron chi connectivity index (χ3n) is 2.48. The van der Waals surface area contributed by atoms with Crippen molar-refractivity contribution in [3.8, 4) is 0 Å². The first-order chi connectivity index (χ1) is 6.63. The van der Waals surface area contributed by atoms with Gasteiger partial charge in [0.05, 0.1) is 0 Å². The van der Waals surface area contributed by atoms with E-state index in [4.69, 9.17) is 0 Å². The molecule has 0 aliphatic carbocycles. The fourth-order valence-electron chi connectivity index (χ4n) is 1.12. The molecule has 1 atom stereocenters. The third kappa shape index (κ3) is 3.26. The maximum Gasteiger partial charge on any atom is 0.0343 e. The van der Waals surface area contributed by atoms with Gasteiger partial charge < -0.3 is 5.32 Å². The van der Waals surface area contributed by atoms with Crippen LogP contribution in [0.4, 0.5) is 5.69 Å². The lowest BCUT2D eigenvalue weighted by atomic mass is 10.1. The quantitative estimate of drug-likeness (QED) is 0.756. The van der Waals surface area contributed by atoms with Gasteiger partial charge >= 0.3 is 0 Å². The Balaban J connectivity index is 2.59. The molecule has 1 N–H and O–H groups in total. The van der Waals surface area contributed by atoms with Crippen LogP contribution in [0, 0.1) is 5.92 Å². The van der Waals surface area contributed by atoms with E-state index in [1.807, 2.05) is 0 Å². The predicted molar refractivity (Wildman–Crippen MR) is 66.1 cm³/mol. The van der Waals surface area contributed by atoms with Gasteiger partial charge in [0, 0.05) is 16.6 Å². The summed E-state index contributed by atoms with van der Waals surface area (Å²) in [5.41, 5.74) is 1.21. The number of hydrogen-bond acceptors (Lipinski definition) is 2. The summed E-state index contributed by atoms with van der Waals surface area (Å²) in [7, 11) is 0. The topological polar surface area (TPSA) is 12.0 Å². The van der Waals surface area contributed by atoms with Crippen LogP contribution < -0.4 is 5.32 Å². The van der Waals surface area contributed by atoms with Crippen molar-refractivity contribution in [1.29, 1.82) is 0 Å². The molecule has 1 unspecified atom stereocenters. The highest BCUT2D eigenvalue weighted by atomic mass is 32.2. The van der Waals surface area contributed by atoms with Crippen molar-refractivity contribution in [2.75, 3.05) is 11.6 Å². The van der Waals surface area contributed by atoms with Gasteiger partial charge in [-0.2, -0.15) is 0 Å². The maximum atomic E-state index is 3.48. The monoisotopic (exact) mass is 209 g/mol. The van der Waals surface area contributed by atoms with Gasteiger partial charge in [0.2, 0.25) is 0 Å². The Labute approximate surface area is 91.3 Å². The van der Waals surface area contributed by atoms with Crippen molar-refractivity contribution < 1.29 is 0 Å². The van der Waals surface area contributed by atoms with Gasteiger partial charge in [-0.05, 0) is 43.4 Å². The number of hydrogen-bond donors (Lipinski definition) is 1. The summed E-state index contributed by atoms with van der Waals surface area (Å²) in [6.07, 6.45) is 2.10. The van der Waals surface area contributed by atoms with Crippen molar-refractivity contribution in [2.24, 2.45) is 5.92 Å². The molecule has 0 aromatic heterocycles. The van der Waals surface area contributed by atoms with Crippen molar-refractivity contribution >= 4 is 17.4 Å². The van der Waals surface area contributed by atoms with Crippen LogP contribution >= 0.6 is 11.8 Å². The van der Waals surface area contributed by atoms with Crippen molar-refractivity contribution in [3.05, 3.63) is 24.3 Å². The van der Waals surface area contributed by atoms with Crippen molar-refractivity contribution in [3.63, 3.8) is 0 Å². The molecule has 2 heteroatoms. The summed E-state index contributed by atoms with van der Waals surface area (Å²) in [4.78, 5) is 1.31. The van der Waals surface area contributed by atoms with Gasteiger partial charge in [-0.3, -0.25) is 0 Å². The van der Waals surface area contributed by atoms with Gasteiger partial charge in [0.15, 0.2) is 0 Å². The van der Waals surface area contributed by atoms with Crippen LogP contribution in [0.3, 0.4) is 0 Å². The molecule has 1 nitrogen and oxygen atoms in total. The first kappa shape index (κ1) is 11.4. The minimum atomic E-state index is 0.523. The fourth-order valence-corrected chi connectivity index (χ4v) is 1.53. The van der Waals surface area contributed by atoms with E-state index in [0.29, 0.717) is 12.0 Å². The van der Waals surface area contributed by atoms with Crippen LogP contribution in [0.2, 0.25) is 0 Å². The number of anilines is 1. The lowest BCUT2D eigenvalue weighted by molar-refractivity contribution is 0.560. The highest BCUT2D eigenvalue weighted by molar-refractivity contribution is 7.98. The first-order valence-electron chi connectivity index (χ1n) is 5.04. The third-order valence-corrected chi connectivity index (χ3v) is 3.23. The van der Waals surface area contributed by atoms with Crippen LogP contribution in [-0.2, 0) is 0 Å². The van der Waals surface area contributed by atoms with Crippen LogP contribution in [0.1, 0.15) is 20.8 Å². The van der Waals surface area contributed by atoms with Crippen LogP contribution in [0.25, 0.3) is 0 Å². The molecule has 1 rings (SSSR count). The largest absolute Gasteiger partial charge is 0.382 e. The Morgan fingerprint density at radius 1 is 1.07 bits per heavy atom. The number of benzene rings is 1. The predicted octanol–water partition coefficient (Wildman–Crippen LogP) is 3.86. The highest BCUT2D eigenvalue weighted by Gasteiger charge is 2.05. The normalized spacial score (nSPS) is 12.9. The summed E-state index contributed by atoms with van der Waals surface area (Å²) < 4.78 is 0. The van der Waals surface area contributed by atoms with E-state index < -0.39 is 0 Å². The van der Waals surface area contributed by atoms with Crippen LogP contribution in [0.5, 0.6) is 0 Å². The molecule has 0 bridgehead atoms. The molecule has 78 valence electrons. The van der Waals surface area contributed by atoms with E-state index in [1.165, 1.54) is 10.6 Å². The van der Waals surface area contributed by atoms with Gasteiger partial charge in [-0.1, -0.05) is 13.8 Å². The summed E-state index contributed by atoms with van der Waals surface area (Å²) in [6, 6.07) is 9.12. The van der Waals surface area contributed by atoms with Crippen LogP contribution in [0.15, 0.2) is 29.2 Å². The Morgan fingerprint density at radius 2 is 1.64 bits per heavy atom. The average Bonchev–Trinajstić information content (AvgIpc) is 2.19. The molecule has 0 radical (unpaired) electrons. The molecule has 1 aromatic rings. The number of thioether (sulfide) groups is 1. The van der Waals surface area contributed by atoms with E-state index in [2.05, 4.69) is 56.6 Å². The SMILES string of the molecule is CSc1ccc(NC(C)C(C)C)cc1. The lowest BCUT2D eigenvalue weighted by Gasteiger charge is -2.18. The summed E-state index contributed by atoms with van der Waals surface area (Å²) >= 11 is 1.77. The Morgan fingerprint density at radius 3 is 2.07 bits per heavy atom. The van der Waals surface area contributed by atoms with E-state index in [-0.39, 0.29) is 0 Å². The minimum absolute atomic E-state index is 0.523. The smallest absolute Gasteiger partial charge is 0.0343 e. The Kier molecular flexibility index (Phi) is 4.33. The average molecular weight is 209 g/mol. The second kappa shape index (κ2) is 5.30. The summed E-state index contributed by atoms with van der Waals surface area (Å²) in [5.74, 6) is 0.662. The molecule has 0 amide bonds. The lowest BCUT2D eigenvalue weighted by Crippen LogP contribution is -2.21. The van der Waals surface area contributed by atoms with Gasteiger partial charge in [-0.15, -0.1) is 11.8 Å². The van der Waals surface area contributed by atoms with Gasteiger partial charge in [-0.25, -0.2) is 0 Å². The molecule has 0 heterocycles. The van der Waals surface area contributed by atoms with Crippen LogP contribution in [-0.4, -0.2) is 12.3 Å². The zero-order valence-corrected chi connectivity index (χ0v) is 10.2. The van der Waals surface area contributed by atoms with E-state index in [0.717, 1.165) is 0 Å². The first-order valence-corrected chi connectivity index (χ1v) is 6.26. The van der Waals surface area contributed by atoms with E-state index in [9.17, 15) is 0 Å². The standard InChI is InChI=1S/C12H19NS/c1-9(2)10(3)13-11-5-7-12(14-4)8-6-11/h5-10,13H,1-4H3. The Bertz CT molecular complexity index is 266. The fraction of sp³-hybridized carbons (Fsp3) is 0.500. The highest BCUT2D eigenvalue weighted by Crippen LogP contribution is 2.18. The molecular weight excluding hydrogens is 190 g/mol. The van der Waals surface area contributed by atoms with E-state index >= 15 is 0 Å². The molecule has 0 aliphatic rings. The number of rotatable bonds is 4. The second-order valence-corrected chi connectivity index (χ2v) is 4.79. The van der Waals surface area contributed by atoms with Crippen molar-refractivity contribution in [2.45, 2.75) is 31.7 Å². The zero-order valence-electron chi connectivity index (χ0n) is 9.37. The summed E-state index contributed by atoms with van der Waals surface area (Å²) in [5, 5.41) is 3.48.